The highest BCUT2D eigenvalue weighted by Crippen LogP contribution is 2.28. The molecule has 1 unspecified atom stereocenters. The summed E-state index contributed by atoms with van der Waals surface area (Å²) in [6.07, 6.45) is 0.751. The van der Waals surface area contributed by atoms with Gasteiger partial charge in [0.2, 0.25) is 0 Å². The topological polar surface area (TPSA) is 41.6 Å². The molecule has 0 aromatic rings. The quantitative estimate of drug-likeness (QED) is 0.659. The minimum absolute atomic E-state index is 0.151. The molecule has 4 nitrogen and oxygen atoms in total. The number of hydrogen-bond donors (Lipinski definition) is 1. The number of ether oxygens (including phenoxy) is 1. The third-order valence-electron chi connectivity index (χ3n) is 2.93. The van der Waals surface area contributed by atoms with E-state index in [0.29, 0.717) is 6.04 Å². The molecule has 0 spiro atoms. The highest BCUT2D eigenvalue weighted by atomic mass is 16.5. The van der Waals surface area contributed by atoms with Gasteiger partial charge >= 0.3 is 6.09 Å². The molecular formula is C9H18N2O2. The first-order valence-corrected chi connectivity index (χ1v) is 4.57. The summed E-state index contributed by atoms with van der Waals surface area (Å²) in [4.78, 5) is 13.1. The SMILES string of the molecule is CNC1CCN(C(=O)OC)C1(C)C. The minimum Gasteiger partial charge on any atom is -0.453 e. The van der Waals surface area contributed by atoms with Crippen LogP contribution in [0.15, 0.2) is 0 Å². The van der Waals surface area contributed by atoms with E-state index in [1.54, 1.807) is 4.90 Å². The molecule has 76 valence electrons. The van der Waals surface area contributed by atoms with Crippen LogP contribution < -0.4 is 5.32 Å². The van der Waals surface area contributed by atoms with E-state index < -0.39 is 0 Å². The maximum Gasteiger partial charge on any atom is 0.409 e. The molecule has 1 heterocycles. The molecule has 0 bridgehead atoms. The van der Waals surface area contributed by atoms with Crippen LogP contribution in [0.4, 0.5) is 4.79 Å². The van der Waals surface area contributed by atoms with Gasteiger partial charge in [-0.3, -0.25) is 0 Å². The smallest absolute Gasteiger partial charge is 0.409 e. The van der Waals surface area contributed by atoms with Crippen molar-refractivity contribution in [3.8, 4) is 0 Å². The van der Waals surface area contributed by atoms with E-state index in [1.807, 2.05) is 7.05 Å². The van der Waals surface area contributed by atoms with Crippen molar-refractivity contribution in [3.63, 3.8) is 0 Å². The molecule has 0 saturated carbocycles. The number of amides is 1. The molecule has 13 heavy (non-hydrogen) atoms. The van der Waals surface area contributed by atoms with Crippen molar-refractivity contribution in [3.05, 3.63) is 0 Å². The van der Waals surface area contributed by atoms with Crippen LogP contribution in [-0.2, 0) is 4.74 Å². The molecule has 1 fully saturated rings. The normalized spacial score (nSPS) is 26.2. The Morgan fingerprint density at radius 3 is 2.62 bits per heavy atom. The van der Waals surface area contributed by atoms with E-state index in [1.165, 1.54) is 7.11 Å². The van der Waals surface area contributed by atoms with Gasteiger partial charge in [-0.25, -0.2) is 4.79 Å². The van der Waals surface area contributed by atoms with Crippen LogP contribution in [0.25, 0.3) is 0 Å². The summed E-state index contributed by atoms with van der Waals surface area (Å²) in [7, 11) is 3.35. The zero-order valence-electron chi connectivity index (χ0n) is 8.76. The number of nitrogens with zero attached hydrogens (tertiary/aromatic N) is 1. The fourth-order valence-electron chi connectivity index (χ4n) is 2.02. The first-order valence-electron chi connectivity index (χ1n) is 4.57. The van der Waals surface area contributed by atoms with Gasteiger partial charge in [0.25, 0.3) is 0 Å². The summed E-state index contributed by atoms with van der Waals surface area (Å²) in [5, 5.41) is 3.21. The second-order valence-electron chi connectivity index (χ2n) is 3.91. The molecule has 1 atom stereocenters. The molecule has 1 rings (SSSR count). The monoisotopic (exact) mass is 186 g/mol. The lowest BCUT2D eigenvalue weighted by atomic mass is 9.96. The Kier molecular flexibility index (Phi) is 2.81. The molecular weight excluding hydrogens is 168 g/mol. The standard InChI is InChI=1S/C9H18N2O2/c1-9(2)7(10-3)5-6-11(9)8(12)13-4/h7,10H,5-6H2,1-4H3. The van der Waals surface area contributed by atoms with Crippen molar-refractivity contribution in [1.29, 1.82) is 0 Å². The van der Waals surface area contributed by atoms with Crippen LogP contribution in [0.1, 0.15) is 20.3 Å². The van der Waals surface area contributed by atoms with Gasteiger partial charge in [0.05, 0.1) is 12.6 Å². The van der Waals surface area contributed by atoms with Gasteiger partial charge in [0, 0.05) is 12.6 Å². The third-order valence-corrected chi connectivity index (χ3v) is 2.93. The fraction of sp³-hybridized carbons (Fsp3) is 0.889. The molecule has 4 heteroatoms. The van der Waals surface area contributed by atoms with E-state index in [4.69, 9.17) is 4.74 Å². The second kappa shape index (κ2) is 3.54. The summed E-state index contributed by atoms with van der Waals surface area (Å²) in [5.74, 6) is 0. The lowest BCUT2D eigenvalue weighted by molar-refractivity contribution is 0.0924. The molecule has 0 aromatic heterocycles. The van der Waals surface area contributed by atoms with E-state index in [0.717, 1.165) is 13.0 Å². The van der Waals surface area contributed by atoms with Gasteiger partial charge in [0.1, 0.15) is 0 Å². The van der Waals surface area contributed by atoms with Crippen molar-refractivity contribution in [2.45, 2.75) is 31.8 Å². The number of carbonyl (C=O) groups is 1. The Morgan fingerprint density at radius 2 is 2.23 bits per heavy atom. The van der Waals surface area contributed by atoms with Crippen molar-refractivity contribution in [1.82, 2.24) is 10.2 Å². The van der Waals surface area contributed by atoms with Crippen molar-refractivity contribution in [2.75, 3.05) is 20.7 Å². The Balaban J connectivity index is 2.75. The van der Waals surface area contributed by atoms with E-state index in [9.17, 15) is 4.79 Å². The van der Waals surface area contributed by atoms with E-state index in [2.05, 4.69) is 19.2 Å². The van der Waals surface area contributed by atoms with Gasteiger partial charge in [-0.2, -0.15) is 0 Å². The van der Waals surface area contributed by atoms with Crippen LogP contribution in [0.2, 0.25) is 0 Å². The lowest BCUT2D eigenvalue weighted by Crippen LogP contribution is -2.51. The van der Waals surface area contributed by atoms with Crippen molar-refractivity contribution < 1.29 is 9.53 Å². The van der Waals surface area contributed by atoms with Gasteiger partial charge < -0.3 is 15.0 Å². The van der Waals surface area contributed by atoms with Gasteiger partial charge in [-0.1, -0.05) is 0 Å². The van der Waals surface area contributed by atoms with E-state index in [-0.39, 0.29) is 11.6 Å². The van der Waals surface area contributed by atoms with Gasteiger partial charge in [-0.15, -0.1) is 0 Å². The van der Waals surface area contributed by atoms with Gasteiger partial charge in [0.15, 0.2) is 0 Å². The summed E-state index contributed by atoms with van der Waals surface area (Å²) in [6, 6.07) is 0.353. The number of rotatable bonds is 1. The Labute approximate surface area is 79.2 Å². The summed E-state index contributed by atoms with van der Waals surface area (Å²) >= 11 is 0. The van der Waals surface area contributed by atoms with Crippen LogP contribution in [-0.4, -0.2) is 43.3 Å². The highest BCUT2D eigenvalue weighted by Gasteiger charge is 2.43. The number of likely N-dealkylation sites (tertiary alicyclic amines) is 1. The predicted octanol–water partition coefficient (Wildman–Crippen LogP) is 0.825. The van der Waals surface area contributed by atoms with Crippen LogP contribution in [0, 0.1) is 0 Å². The average Bonchev–Trinajstić information content (AvgIpc) is 2.39. The lowest BCUT2D eigenvalue weighted by Gasteiger charge is -2.34. The molecule has 1 aliphatic heterocycles. The number of methoxy groups -OCH3 is 1. The largest absolute Gasteiger partial charge is 0.453 e. The predicted molar refractivity (Wildman–Crippen MR) is 50.7 cm³/mol. The van der Waals surface area contributed by atoms with Crippen molar-refractivity contribution >= 4 is 6.09 Å². The number of likely N-dealkylation sites (N-methyl/N-ethyl adjacent to an activating group) is 1. The minimum atomic E-state index is -0.234. The number of nitrogens with one attached hydrogen (secondary N) is 1. The summed E-state index contributed by atoms with van der Waals surface area (Å²) in [6.45, 7) is 4.88. The molecule has 0 radical (unpaired) electrons. The first kappa shape index (κ1) is 10.3. The summed E-state index contributed by atoms with van der Waals surface area (Å²) in [5.41, 5.74) is -0.151. The van der Waals surface area contributed by atoms with Crippen LogP contribution in [0.5, 0.6) is 0 Å². The van der Waals surface area contributed by atoms with Crippen LogP contribution >= 0.6 is 0 Å². The third kappa shape index (κ3) is 1.63. The van der Waals surface area contributed by atoms with E-state index >= 15 is 0 Å². The Morgan fingerprint density at radius 1 is 1.62 bits per heavy atom. The van der Waals surface area contributed by atoms with Gasteiger partial charge in [-0.05, 0) is 27.3 Å². The molecule has 1 aliphatic rings. The summed E-state index contributed by atoms with van der Waals surface area (Å²) < 4.78 is 4.72. The molecule has 1 saturated heterocycles. The van der Waals surface area contributed by atoms with Crippen molar-refractivity contribution in [2.24, 2.45) is 0 Å². The Bertz CT molecular complexity index is 204. The zero-order chi connectivity index (χ0) is 10.1. The molecule has 1 N–H and O–H groups in total. The first-order chi connectivity index (χ1) is 6.04. The molecule has 0 aliphatic carbocycles. The maximum atomic E-state index is 11.4. The Hall–Kier alpha value is -0.770. The maximum absolute atomic E-state index is 11.4. The number of carbonyl (C=O) groups excluding carboxylic acids is 1. The molecule has 1 amide bonds. The highest BCUT2D eigenvalue weighted by molar-refractivity contribution is 5.69. The average molecular weight is 186 g/mol. The molecule has 0 aromatic carbocycles. The van der Waals surface area contributed by atoms with Crippen LogP contribution in [0.3, 0.4) is 0 Å². The second-order valence-corrected chi connectivity index (χ2v) is 3.91. The fourth-order valence-corrected chi connectivity index (χ4v) is 2.02. The zero-order valence-corrected chi connectivity index (χ0v) is 8.76. The number of hydrogen-bond acceptors (Lipinski definition) is 3.